The molecular formula is C17H24N2O3. The van der Waals surface area contributed by atoms with Crippen molar-refractivity contribution in [1.82, 2.24) is 9.88 Å². The Hall–Kier alpha value is -1.46. The Morgan fingerprint density at radius 1 is 1.45 bits per heavy atom. The monoisotopic (exact) mass is 304 g/mol. The maximum atomic E-state index is 12.0. The van der Waals surface area contributed by atoms with Gasteiger partial charge in [-0.05, 0) is 24.1 Å². The van der Waals surface area contributed by atoms with Gasteiger partial charge in [-0.3, -0.25) is 9.78 Å². The molecule has 0 radical (unpaired) electrons. The van der Waals surface area contributed by atoms with Crippen molar-refractivity contribution in [3.63, 3.8) is 0 Å². The van der Waals surface area contributed by atoms with Crippen LogP contribution in [0.3, 0.4) is 0 Å². The van der Waals surface area contributed by atoms with Crippen LogP contribution in [0.25, 0.3) is 0 Å². The molecule has 1 aromatic heterocycles. The molecule has 3 rings (SSSR count). The SMILES string of the molecule is CC(C)C(=O)N1CC2(C[C@H](OCc3ccncc3)CCO2)C1. The highest BCUT2D eigenvalue weighted by Crippen LogP contribution is 2.36. The lowest BCUT2D eigenvalue weighted by Gasteiger charge is -2.53. The van der Waals surface area contributed by atoms with E-state index < -0.39 is 0 Å². The third-order valence-corrected chi connectivity index (χ3v) is 4.45. The van der Waals surface area contributed by atoms with Gasteiger partial charge in [-0.15, -0.1) is 0 Å². The number of carbonyl (C=O) groups excluding carboxylic acids is 1. The zero-order chi connectivity index (χ0) is 15.6. The van der Waals surface area contributed by atoms with Crippen molar-refractivity contribution in [2.24, 2.45) is 5.92 Å². The summed E-state index contributed by atoms with van der Waals surface area (Å²) in [7, 11) is 0. The molecule has 0 bridgehead atoms. The Bertz CT molecular complexity index is 512. The second kappa shape index (κ2) is 6.34. The van der Waals surface area contributed by atoms with Crippen LogP contribution in [0, 0.1) is 5.92 Å². The molecule has 1 atom stereocenters. The van der Waals surface area contributed by atoms with Gasteiger partial charge in [0.05, 0.1) is 25.8 Å². The predicted molar refractivity (Wildman–Crippen MR) is 82.1 cm³/mol. The minimum atomic E-state index is -0.175. The molecule has 1 amide bonds. The zero-order valence-electron chi connectivity index (χ0n) is 13.3. The summed E-state index contributed by atoms with van der Waals surface area (Å²) in [5.74, 6) is 0.272. The largest absolute Gasteiger partial charge is 0.373 e. The Kier molecular flexibility index (Phi) is 4.45. The van der Waals surface area contributed by atoms with Gasteiger partial charge in [-0.25, -0.2) is 0 Å². The molecule has 2 saturated heterocycles. The maximum Gasteiger partial charge on any atom is 0.225 e. The van der Waals surface area contributed by atoms with Gasteiger partial charge < -0.3 is 14.4 Å². The van der Waals surface area contributed by atoms with Gasteiger partial charge in [-0.2, -0.15) is 0 Å². The first-order valence-corrected chi connectivity index (χ1v) is 8.01. The van der Waals surface area contributed by atoms with Gasteiger partial charge in [-0.1, -0.05) is 13.8 Å². The number of hydrogen-bond donors (Lipinski definition) is 0. The summed E-state index contributed by atoms with van der Waals surface area (Å²) in [6, 6.07) is 3.95. The molecule has 0 aliphatic carbocycles. The van der Waals surface area contributed by atoms with Crippen LogP contribution in [0.4, 0.5) is 0 Å². The van der Waals surface area contributed by atoms with Gasteiger partial charge in [0.15, 0.2) is 0 Å². The van der Waals surface area contributed by atoms with E-state index in [4.69, 9.17) is 9.47 Å². The second-order valence-corrected chi connectivity index (χ2v) is 6.66. The highest BCUT2D eigenvalue weighted by atomic mass is 16.5. The summed E-state index contributed by atoms with van der Waals surface area (Å²) in [6.07, 6.45) is 5.57. The summed E-state index contributed by atoms with van der Waals surface area (Å²) in [4.78, 5) is 17.9. The van der Waals surface area contributed by atoms with Crippen molar-refractivity contribution in [3.05, 3.63) is 30.1 Å². The molecule has 0 aromatic carbocycles. The summed E-state index contributed by atoms with van der Waals surface area (Å²) in [5.41, 5.74) is 0.965. The number of carbonyl (C=O) groups is 1. The van der Waals surface area contributed by atoms with Crippen LogP contribution in [0.15, 0.2) is 24.5 Å². The third kappa shape index (κ3) is 3.31. The summed E-state index contributed by atoms with van der Waals surface area (Å²) >= 11 is 0. The lowest BCUT2D eigenvalue weighted by atomic mass is 9.84. The molecule has 0 N–H and O–H groups in total. The quantitative estimate of drug-likeness (QED) is 0.854. The van der Waals surface area contributed by atoms with Crippen LogP contribution in [-0.2, 0) is 20.9 Å². The van der Waals surface area contributed by atoms with Crippen molar-refractivity contribution < 1.29 is 14.3 Å². The fourth-order valence-corrected chi connectivity index (χ4v) is 3.21. The van der Waals surface area contributed by atoms with Crippen LogP contribution in [0.5, 0.6) is 0 Å². The Balaban J connectivity index is 1.49. The molecule has 120 valence electrons. The average molecular weight is 304 g/mol. The van der Waals surface area contributed by atoms with E-state index >= 15 is 0 Å². The van der Waals surface area contributed by atoms with E-state index in [-0.39, 0.29) is 23.5 Å². The van der Waals surface area contributed by atoms with Crippen molar-refractivity contribution in [2.75, 3.05) is 19.7 Å². The number of likely N-dealkylation sites (tertiary alicyclic amines) is 1. The van der Waals surface area contributed by atoms with E-state index in [1.54, 1.807) is 12.4 Å². The molecule has 0 unspecified atom stereocenters. The first-order chi connectivity index (χ1) is 10.6. The van der Waals surface area contributed by atoms with Crippen molar-refractivity contribution in [1.29, 1.82) is 0 Å². The van der Waals surface area contributed by atoms with Gasteiger partial charge in [0.2, 0.25) is 5.91 Å². The number of ether oxygens (including phenoxy) is 2. The smallest absolute Gasteiger partial charge is 0.225 e. The Morgan fingerprint density at radius 3 is 2.86 bits per heavy atom. The minimum absolute atomic E-state index is 0.0553. The van der Waals surface area contributed by atoms with Crippen LogP contribution in [0.1, 0.15) is 32.3 Å². The standard InChI is InChI=1S/C17H24N2O3/c1-13(2)16(20)19-11-17(12-19)9-15(5-8-22-17)21-10-14-3-6-18-7-4-14/h3-4,6-7,13,15H,5,8-12H2,1-2H3/t15-/m1/s1. The molecule has 1 aromatic rings. The van der Waals surface area contributed by atoms with Crippen LogP contribution >= 0.6 is 0 Å². The second-order valence-electron chi connectivity index (χ2n) is 6.66. The molecule has 2 fully saturated rings. The Morgan fingerprint density at radius 2 is 2.18 bits per heavy atom. The molecule has 3 heterocycles. The summed E-state index contributed by atoms with van der Waals surface area (Å²) < 4.78 is 12.0. The lowest BCUT2D eigenvalue weighted by molar-refractivity contribution is -0.204. The lowest BCUT2D eigenvalue weighted by Crippen LogP contribution is -2.67. The van der Waals surface area contributed by atoms with Gasteiger partial charge >= 0.3 is 0 Å². The van der Waals surface area contributed by atoms with Crippen LogP contribution in [-0.4, -0.2) is 47.2 Å². The molecule has 5 nitrogen and oxygen atoms in total. The Labute approximate surface area is 131 Å². The fraction of sp³-hybridized carbons (Fsp3) is 0.647. The summed E-state index contributed by atoms with van der Waals surface area (Å²) in [6.45, 7) is 6.62. The summed E-state index contributed by atoms with van der Waals surface area (Å²) in [5, 5.41) is 0. The highest BCUT2D eigenvalue weighted by molar-refractivity contribution is 5.79. The molecule has 0 saturated carbocycles. The van der Waals surface area contributed by atoms with Crippen molar-refractivity contribution in [3.8, 4) is 0 Å². The van der Waals surface area contributed by atoms with Crippen LogP contribution < -0.4 is 0 Å². The molecule has 2 aliphatic heterocycles. The minimum Gasteiger partial charge on any atom is -0.373 e. The topological polar surface area (TPSA) is 51.7 Å². The van der Waals surface area contributed by atoms with Gasteiger partial charge in [0.25, 0.3) is 0 Å². The first kappa shape index (κ1) is 15.4. The van der Waals surface area contributed by atoms with E-state index in [2.05, 4.69) is 4.98 Å². The predicted octanol–water partition coefficient (Wildman–Crippen LogP) is 2.01. The molecular weight excluding hydrogens is 280 g/mol. The van der Waals surface area contributed by atoms with E-state index in [0.717, 1.165) is 18.4 Å². The van der Waals surface area contributed by atoms with E-state index in [0.29, 0.717) is 26.3 Å². The van der Waals surface area contributed by atoms with Crippen LogP contribution in [0.2, 0.25) is 0 Å². The number of hydrogen-bond acceptors (Lipinski definition) is 4. The van der Waals surface area contributed by atoms with E-state index in [1.165, 1.54) is 0 Å². The van der Waals surface area contributed by atoms with Gasteiger partial charge in [0, 0.05) is 31.3 Å². The maximum absolute atomic E-state index is 12.0. The molecule has 1 spiro atoms. The number of rotatable bonds is 4. The van der Waals surface area contributed by atoms with Crippen molar-refractivity contribution >= 4 is 5.91 Å². The van der Waals surface area contributed by atoms with Crippen molar-refractivity contribution in [2.45, 2.75) is 45.0 Å². The van der Waals surface area contributed by atoms with Gasteiger partial charge in [0.1, 0.15) is 5.60 Å². The molecule has 2 aliphatic rings. The fourth-order valence-electron chi connectivity index (χ4n) is 3.21. The number of amides is 1. The number of pyridine rings is 1. The molecule has 22 heavy (non-hydrogen) atoms. The average Bonchev–Trinajstić information content (AvgIpc) is 2.51. The normalized spacial score (nSPS) is 23.6. The third-order valence-electron chi connectivity index (χ3n) is 4.45. The molecule has 5 heteroatoms. The first-order valence-electron chi connectivity index (χ1n) is 8.01. The number of nitrogens with zero attached hydrogens (tertiary/aromatic N) is 2. The van der Waals surface area contributed by atoms with E-state index in [9.17, 15) is 4.79 Å². The highest BCUT2D eigenvalue weighted by Gasteiger charge is 2.49. The zero-order valence-corrected chi connectivity index (χ0v) is 13.3. The van der Waals surface area contributed by atoms with E-state index in [1.807, 2.05) is 30.9 Å². The number of aromatic nitrogens is 1.